The molecule has 0 saturated heterocycles. The summed E-state index contributed by atoms with van der Waals surface area (Å²) in [5.41, 5.74) is 2.00. The Morgan fingerprint density at radius 2 is 2.00 bits per heavy atom. The van der Waals surface area contributed by atoms with Crippen LogP contribution in [0.3, 0.4) is 0 Å². The first-order chi connectivity index (χ1) is 10.1. The molecule has 0 aliphatic carbocycles. The van der Waals surface area contributed by atoms with Gasteiger partial charge in [-0.15, -0.1) is 0 Å². The van der Waals surface area contributed by atoms with Gasteiger partial charge in [0, 0.05) is 10.5 Å². The van der Waals surface area contributed by atoms with Crippen LogP contribution < -0.4 is 10.1 Å². The minimum Gasteiger partial charge on any atom is -0.497 e. The molecule has 0 fully saturated rings. The second-order valence-corrected chi connectivity index (χ2v) is 6.29. The van der Waals surface area contributed by atoms with Crippen molar-refractivity contribution in [3.63, 3.8) is 0 Å². The van der Waals surface area contributed by atoms with Crippen LogP contribution in [0.15, 0.2) is 45.3 Å². The maximum absolute atomic E-state index is 13.7. The van der Waals surface area contributed by atoms with E-state index >= 15 is 0 Å². The van der Waals surface area contributed by atoms with Crippen molar-refractivity contribution in [1.29, 1.82) is 0 Å². The van der Waals surface area contributed by atoms with Crippen LogP contribution >= 0.6 is 31.9 Å². The lowest BCUT2D eigenvalue weighted by Crippen LogP contribution is -2.20. The molecule has 0 aromatic heterocycles. The molecular formula is C16H16Br2FNO. The molecule has 0 aliphatic rings. The van der Waals surface area contributed by atoms with Crippen LogP contribution in [-0.4, -0.2) is 14.2 Å². The average molecular weight is 417 g/mol. The van der Waals surface area contributed by atoms with Gasteiger partial charge in [-0.1, -0.05) is 28.1 Å². The van der Waals surface area contributed by atoms with Crippen molar-refractivity contribution in [2.24, 2.45) is 0 Å². The Morgan fingerprint density at radius 3 is 2.67 bits per heavy atom. The highest BCUT2D eigenvalue weighted by Gasteiger charge is 2.17. The van der Waals surface area contributed by atoms with Gasteiger partial charge in [-0.2, -0.15) is 0 Å². The van der Waals surface area contributed by atoms with Crippen molar-refractivity contribution < 1.29 is 9.13 Å². The minimum absolute atomic E-state index is 0.00141. The molecule has 2 aromatic carbocycles. The van der Waals surface area contributed by atoms with Gasteiger partial charge in [0.25, 0.3) is 0 Å². The molecule has 0 spiro atoms. The van der Waals surface area contributed by atoms with Crippen LogP contribution in [0, 0.1) is 5.82 Å². The molecule has 0 amide bonds. The summed E-state index contributed by atoms with van der Waals surface area (Å²) in [4.78, 5) is 0. The Morgan fingerprint density at radius 1 is 1.24 bits per heavy atom. The zero-order chi connectivity index (χ0) is 15.4. The smallest absolute Gasteiger partial charge is 0.137 e. The molecule has 21 heavy (non-hydrogen) atoms. The number of likely N-dealkylation sites (N-methyl/N-ethyl adjacent to an activating group) is 1. The Hall–Kier alpha value is -0.910. The Kier molecular flexibility index (Phi) is 5.79. The standard InChI is InChI=1S/C16H16Br2FNO/c1-20-15(12-4-3-5-14(19)16(12)18)9-10-8-11(21-2)6-7-13(10)17/h3-8,15,20H,9H2,1-2H3. The zero-order valence-electron chi connectivity index (χ0n) is 11.8. The number of hydrogen-bond acceptors (Lipinski definition) is 2. The third-order valence-electron chi connectivity index (χ3n) is 3.38. The summed E-state index contributed by atoms with van der Waals surface area (Å²) in [6.45, 7) is 0. The predicted molar refractivity (Wildman–Crippen MR) is 90.3 cm³/mol. The SMILES string of the molecule is CNC(Cc1cc(OC)ccc1Br)c1cccc(F)c1Br. The summed E-state index contributed by atoms with van der Waals surface area (Å²) in [5, 5.41) is 3.24. The maximum atomic E-state index is 13.7. The van der Waals surface area contributed by atoms with Gasteiger partial charge < -0.3 is 10.1 Å². The van der Waals surface area contributed by atoms with E-state index < -0.39 is 0 Å². The van der Waals surface area contributed by atoms with Gasteiger partial charge in [-0.25, -0.2) is 4.39 Å². The topological polar surface area (TPSA) is 21.3 Å². The van der Waals surface area contributed by atoms with Gasteiger partial charge in [0.1, 0.15) is 11.6 Å². The highest BCUT2D eigenvalue weighted by Crippen LogP contribution is 2.31. The molecule has 0 aliphatic heterocycles. The first kappa shape index (κ1) is 16.5. The van der Waals surface area contributed by atoms with E-state index in [1.807, 2.05) is 31.3 Å². The van der Waals surface area contributed by atoms with Gasteiger partial charge >= 0.3 is 0 Å². The first-order valence-electron chi connectivity index (χ1n) is 6.50. The van der Waals surface area contributed by atoms with Crippen LogP contribution in [0.5, 0.6) is 5.75 Å². The van der Waals surface area contributed by atoms with Crippen LogP contribution in [0.25, 0.3) is 0 Å². The molecule has 112 valence electrons. The van der Waals surface area contributed by atoms with E-state index in [1.165, 1.54) is 6.07 Å². The Bertz CT molecular complexity index is 634. The maximum Gasteiger partial charge on any atom is 0.137 e. The lowest BCUT2D eigenvalue weighted by molar-refractivity contribution is 0.413. The summed E-state index contributed by atoms with van der Waals surface area (Å²) in [5.74, 6) is 0.554. The third kappa shape index (κ3) is 3.84. The predicted octanol–water partition coefficient (Wildman–Crippen LogP) is 4.86. The molecule has 1 unspecified atom stereocenters. The number of halogens is 3. The van der Waals surface area contributed by atoms with E-state index in [2.05, 4.69) is 37.2 Å². The summed E-state index contributed by atoms with van der Waals surface area (Å²) in [7, 11) is 3.52. The molecule has 0 saturated carbocycles. The fourth-order valence-electron chi connectivity index (χ4n) is 2.21. The summed E-state index contributed by atoms with van der Waals surface area (Å²) < 4.78 is 20.5. The monoisotopic (exact) mass is 415 g/mol. The van der Waals surface area contributed by atoms with E-state index in [4.69, 9.17) is 4.74 Å². The zero-order valence-corrected chi connectivity index (χ0v) is 15.0. The van der Waals surface area contributed by atoms with E-state index in [9.17, 15) is 4.39 Å². The van der Waals surface area contributed by atoms with Crippen LogP contribution in [-0.2, 0) is 6.42 Å². The largest absolute Gasteiger partial charge is 0.497 e. The van der Waals surface area contributed by atoms with Crippen molar-refractivity contribution >= 4 is 31.9 Å². The Balaban J connectivity index is 2.33. The lowest BCUT2D eigenvalue weighted by Gasteiger charge is -2.19. The molecule has 2 nitrogen and oxygen atoms in total. The highest BCUT2D eigenvalue weighted by atomic mass is 79.9. The molecular weight excluding hydrogens is 401 g/mol. The number of nitrogens with one attached hydrogen (secondary N) is 1. The van der Waals surface area contributed by atoms with Crippen LogP contribution in [0.1, 0.15) is 17.2 Å². The number of ether oxygens (including phenoxy) is 1. The number of rotatable bonds is 5. The van der Waals surface area contributed by atoms with Crippen molar-refractivity contribution in [3.05, 3.63) is 62.3 Å². The molecule has 5 heteroatoms. The summed E-state index contributed by atoms with van der Waals surface area (Å²) in [6.07, 6.45) is 0.719. The molecule has 0 radical (unpaired) electrons. The number of benzene rings is 2. The third-order valence-corrected chi connectivity index (χ3v) is 4.99. The summed E-state index contributed by atoms with van der Waals surface area (Å²) in [6, 6.07) is 10.9. The average Bonchev–Trinajstić information content (AvgIpc) is 2.49. The fraction of sp³-hybridized carbons (Fsp3) is 0.250. The van der Waals surface area contributed by atoms with Crippen molar-refractivity contribution in [1.82, 2.24) is 5.32 Å². The van der Waals surface area contributed by atoms with E-state index in [0.717, 1.165) is 27.8 Å². The molecule has 1 atom stereocenters. The van der Waals surface area contributed by atoms with Gasteiger partial charge in [0.2, 0.25) is 0 Å². The van der Waals surface area contributed by atoms with Gasteiger partial charge in [0.15, 0.2) is 0 Å². The molecule has 0 bridgehead atoms. The molecule has 2 aromatic rings. The van der Waals surface area contributed by atoms with E-state index in [1.54, 1.807) is 13.2 Å². The quantitative estimate of drug-likeness (QED) is 0.751. The molecule has 0 heterocycles. The first-order valence-corrected chi connectivity index (χ1v) is 8.09. The molecule has 2 rings (SSSR count). The summed E-state index contributed by atoms with van der Waals surface area (Å²) >= 11 is 6.88. The van der Waals surface area contributed by atoms with Gasteiger partial charge in [-0.05, 0) is 64.8 Å². The number of hydrogen-bond donors (Lipinski definition) is 1. The highest BCUT2D eigenvalue weighted by molar-refractivity contribution is 9.10. The van der Waals surface area contributed by atoms with E-state index in [-0.39, 0.29) is 11.9 Å². The van der Waals surface area contributed by atoms with Crippen LogP contribution in [0.2, 0.25) is 0 Å². The second-order valence-electron chi connectivity index (χ2n) is 4.65. The van der Waals surface area contributed by atoms with Crippen molar-refractivity contribution in [2.75, 3.05) is 14.2 Å². The second kappa shape index (κ2) is 7.38. The molecule has 1 N–H and O–H groups in total. The lowest BCUT2D eigenvalue weighted by atomic mass is 9.98. The number of methoxy groups -OCH3 is 1. The van der Waals surface area contributed by atoms with Crippen LogP contribution in [0.4, 0.5) is 4.39 Å². The van der Waals surface area contributed by atoms with Gasteiger partial charge in [-0.3, -0.25) is 0 Å². The fourth-order valence-corrected chi connectivity index (χ4v) is 3.16. The Labute approximate surface area is 141 Å². The van der Waals surface area contributed by atoms with Crippen molar-refractivity contribution in [2.45, 2.75) is 12.5 Å². The van der Waals surface area contributed by atoms with E-state index in [0.29, 0.717) is 4.47 Å². The minimum atomic E-state index is -0.252. The van der Waals surface area contributed by atoms with Crippen molar-refractivity contribution in [3.8, 4) is 5.75 Å². The van der Waals surface area contributed by atoms with Gasteiger partial charge in [0.05, 0.1) is 11.6 Å². The normalized spacial score (nSPS) is 12.2.